The second-order valence-electron chi connectivity index (χ2n) is 5.51. The van der Waals surface area contributed by atoms with E-state index < -0.39 is 5.54 Å². The quantitative estimate of drug-likeness (QED) is 0.785. The Hall–Kier alpha value is -2.40. The lowest BCUT2D eigenvalue weighted by molar-refractivity contribution is -0.120. The molecule has 2 aromatic rings. The van der Waals surface area contributed by atoms with Crippen LogP contribution in [0.15, 0.2) is 29.7 Å². The number of aromatic amines is 1. The number of rotatable bonds is 6. The first-order chi connectivity index (χ1) is 10.9. The van der Waals surface area contributed by atoms with Gasteiger partial charge >= 0.3 is 0 Å². The van der Waals surface area contributed by atoms with E-state index >= 15 is 0 Å². The molecule has 0 fully saturated rings. The van der Waals surface area contributed by atoms with Gasteiger partial charge in [-0.3, -0.25) is 14.9 Å². The molecule has 1 amide bonds. The van der Waals surface area contributed by atoms with E-state index in [-0.39, 0.29) is 17.6 Å². The molecule has 2 N–H and O–H groups in total. The predicted molar refractivity (Wildman–Crippen MR) is 87.3 cm³/mol. The van der Waals surface area contributed by atoms with Crippen LogP contribution in [0.25, 0.3) is 11.4 Å². The molecule has 0 aliphatic carbocycles. The van der Waals surface area contributed by atoms with Crippen LogP contribution in [0.5, 0.6) is 0 Å². The van der Waals surface area contributed by atoms with Crippen molar-refractivity contribution in [2.24, 2.45) is 5.92 Å². The van der Waals surface area contributed by atoms with E-state index in [1.807, 2.05) is 26.0 Å². The van der Waals surface area contributed by atoms with Crippen molar-refractivity contribution in [2.75, 3.05) is 5.75 Å². The molecule has 0 bridgehead atoms. The van der Waals surface area contributed by atoms with Gasteiger partial charge in [-0.05, 0) is 25.0 Å². The molecule has 0 radical (unpaired) electrons. The number of aromatic nitrogens is 4. The fraction of sp³-hybridized carbons (Fsp3) is 0.400. The lowest BCUT2D eigenvalue weighted by Gasteiger charge is -2.27. The molecule has 120 valence electrons. The van der Waals surface area contributed by atoms with Gasteiger partial charge in [-0.1, -0.05) is 25.6 Å². The van der Waals surface area contributed by atoms with Crippen LogP contribution in [0.2, 0.25) is 0 Å². The first-order valence-corrected chi connectivity index (χ1v) is 8.11. The SMILES string of the molecule is CC(C)[C@](C)(C#N)NC(=O)CSc1n[nH]c(-c2ccncc2)n1. The third-order valence-electron chi connectivity index (χ3n) is 3.54. The maximum Gasteiger partial charge on any atom is 0.231 e. The summed E-state index contributed by atoms with van der Waals surface area (Å²) in [5, 5.41) is 19.4. The number of nitrogens with zero attached hydrogens (tertiary/aromatic N) is 4. The van der Waals surface area contributed by atoms with Crippen LogP contribution in [0, 0.1) is 17.2 Å². The molecule has 0 aliphatic heterocycles. The number of carbonyl (C=O) groups excluding carboxylic acids is 1. The Kier molecular flexibility index (Phi) is 5.34. The van der Waals surface area contributed by atoms with Gasteiger partial charge in [-0.2, -0.15) is 5.26 Å². The number of carbonyl (C=O) groups is 1. The van der Waals surface area contributed by atoms with Crippen LogP contribution in [-0.2, 0) is 4.79 Å². The van der Waals surface area contributed by atoms with Gasteiger partial charge in [0.05, 0.1) is 11.8 Å². The Bertz CT molecular complexity index is 708. The van der Waals surface area contributed by atoms with Gasteiger partial charge < -0.3 is 5.32 Å². The summed E-state index contributed by atoms with van der Waals surface area (Å²) in [4.78, 5) is 20.3. The van der Waals surface area contributed by atoms with E-state index in [4.69, 9.17) is 0 Å². The van der Waals surface area contributed by atoms with Gasteiger partial charge in [0, 0.05) is 18.0 Å². The number of amides is 1. The monoisotopic (exact) mass is 330 g/mol. The zero-order chi connectivity index (χ0) is 16.9. The largest absolute Gasteiger partial charge is 0.337 e. The minimum atomic E-state index is -0.876. The maximum absolute atomic E-state index is 12.0. The highest BCUT2D eigenvalue weighted by atomic mass is 32.2. The Labute approximate surface area is 138 Å². The third-order valence-corrected chi connectivity index (χ3v) is 4.38. The standard InChI is InChI=1S/C15H18N6OS/c1-10(2)15(3,9-16)19-12(22)8-23-14-18-13(20-21-14)11-4-6-17-7-5-11/h4-7,10H,8H2,1-3H3,(H,19,22)(H,18,20,21)/t15-/m0/s1. The zero-order valence-corrected chi connectivity index (χ0v) is 14.0. The normalized spacial score (nSPS) is 13.3. The fourth-order valence-corrected chi connectivity index (χ4v) is 2.31. The minimum Gasteiger partial charge on any atom is -0.337 e. The van der Waals surface area contributed by atoms with Crippen LogP contribution < -0.4 is 5.32 Å². The molecule has 0 spiro atoms. The number of H-pyrrole nitrogens is 1. The summed E-state index contributed by atoms with van der Waals surface area (Å²) in [7, 11) is 0. The zero-order valence-electron chi connectivity index (χ0n) is 13.2. The smallest absolute Gasteiger partial charge is 0.231 e. The van der Waals surface area contributed by atoms with Gasteiger partial charge in [0.2, 0.25) is 11.1 Å². The highest BCUT2D eigenvalue weighted by molar-refractivity contribution is 7.99. The molecule has 2 heterocycles. The average Bonchev–Trinajstić information content (AvgIpc) is 3.02. The topological polar surface area (TPSA) is 107 Å². The molecule has 0 saturated heterocycles. The summed E-state index contributed by atoms with van der Waals surface area (Å²) in [6, 6.07) is 5.79. The first kappa shape index (κ1) is 17.0. The number of hydrogen-bond donors (Lipinski definition) is 2. The van der Waals surface area contributed by atoms with E-state index in [0.29, 0.717) is 11.0 Å². The summed E-state index contributed by atoms with van der Waals surface area (Å²) in [6.45, 7) is 5.51. The van der Waals surface area contributed by atoms with Crippen molar-refractivity contribution in [3.63, 3.8) is 0 Å². The van der Waals surface area contributed by atoms with Crippen molar-refractivity contribution in [1.29, 1.82) is 5.26 Å². The Morgan fingerprint density at radius 1 is 1.48 bits per heavy atom. The second kappa shape index (κ2) is 7.24. The molecule has 23 heavy (non-hydrogen) atoms. The maximum atomic E-state index is 12.0. The number of nitriles is 1. The van der Waals surface area contributed by atoms with Crippen LogP contribution in [0.1, 0.15) is 20.8 Å². The molecule has 0 aliphatic rings. The summed E-state index contributed by atoms with van der Waals surface area (Å²) < 4.78 is 0. The lowest BCUT2D eigenvalue weighted by Crippen LogP contribution is -2.49. The van der Waals surface area contributed by atoms with Gasteiger partial charge in [-0.25, -0.2) is 4.98 Å². The Morgan fingerprint density at radius 3 is 2.78 bits per heavy atom. The van der Waals surface area contributed by atoms with Crippen molar-refractivity contribution >= 4 is 17.7 Å². The van der Waals surface area contributed by atoms with E-state index in [1.165, 1.54) is 11.8 Å². The van der Waals surface area contributed by atoms with Gasteiger partial charge in [-0.15, -0.1) is 5.10 Å². The van der Waals surface area contributed by atoms with Crippen molar-refractivity contribution in [1.82, 2.24) is 25.5 Å². The first-order valence-electron chi connectivity index (χ1n) is 7.12. The number of hydrogen-bond acceptors (Lipinski definition) is 6. The van der Waals surface area contributed by atoms with E-state index in [0.717, 1.165) is 5.56 Å². The fourth-order valence-electron chi connectivity index (χ4n) is 1.71. The molecule has 7 nitrogen and oxygen atoms in total. The van der Waals surface area contributed by atoms with Crippen molar-refractivity contribution < 1.29 is 4.79 Å². The molecule has 0 unspecified atom stereocenters. The molecule has 0 saturated carbocycles. The van der Waals surface area contributed by atoms with Crippen LogP contribution in [-0.4, -0.2) is 37.4 Å². The van der Waals surface area contributed by atoms with Gasteiger partial charge in [0.1, 0.15) is 5.54 Å². The second-order valence-corrected chi connectivity index (χ2v) is 6.45. The van der Waals surface area contributed by atoms with Gasteiger partial charge in [0.25, 0.3) is 0 Å². The lowest BCUT2D eigenvalue weighted by atomic mass is 9.90. The van der Waals surface area contributed by atoms with Crippen LogP contribution in [0.3, 0.4) is 0 Å². The molecule has 0 aromatic carbocycles. The molecular formula is C15H18N6OS. The molecule has 8 heteroatoms. The van der Waals surface area contributed by atoms with Crippen molar-refractivity contribution in [3.05, 3.63) is 24.5 Å². The highest BCUT2D eigenvalue weighted by Gasteiger charge is 2.29. The third kappa shape index (κ3) is 4.29. The molecular weight excluding hydrogens is 312 g/mol. The van der Waals surface area contributed by atoms with Gasteiger partial charge in [0.15, 0.2) is 5.82 Å². The summed E-state index contributed by atoms with van der Waals surface area (Å²) >= 11 is 1.22. The predicted octanol–water partition coefficient (Wildman–Crippen LogP) is 2.01. The summed E-state index contributed by atoms with van der Waals surface area (Å²) in [5.74, 6) is 0.572. The number of pyridine rings is 1. The van der Waals surface area contributed by atoms with E-state index in [9.17, 15) is 10.1 Å². The van der Waals surface area contributed by atoms with E-state index in [1.54, 1.807) is 19.3 Å². The number of nitrogens with one attached hydrogen (secondary N) is 2. The summed E-state index contributed by atoms with van der Waals surface area (Å²) in [6.07, 6.45) is 3.35. The highest BCUT2D eigenvalue weighted by Crippen LogP contribution is 2.19. The minimum absolute atomic E-state index is 0.0169. The average molecular weight is 330 g/mol. The van der Waals surface area contributed by atoms with Crippen LogP contribution in [0.4, 0.5) is 0 Å². The Morgan fingerprint density at radius 2 is 2.17 bits per heavy atom. The molecule has 1 atom stereocenters. The molecule has 2 rings (SSSR count). The summed E-state index contributed by atoms with van der Waals surface area (Å²) in [5.41, 5.74) is -0.000530. The van der Waals surface area contributed by atoms with Crippen molar-refractivity contribution in [2.45, 2.75) is 31.5 Å². The van der Waals surface area contributed by atoms with Crippen LogP contribution >= 0.6 is 11.8 Å². The number of thioether (sulfide) groups is 1. The van der Waals surface area contributed by atoms with Crippen molar-refractivity contribution in [3.8, 4) is 17.5 Å². The van der Waals surface area contributed by atoms with E-state index in [2.05, 4.69) is 31.6 Å². The molecule has 2 aromatic heterocycles. The Balaban J connectivity index is 1.93.